The molecule has 0 unspecified atom stereocenters. The molecule has 19 heavy (non-hydrogen) atoms. The number of rotatable bonds is 5. The molecule has 2 aromatic rings. The maximum Gasteiger partial charge on any atom is 0.271 e. The molecule has 0 fully saturated rings. The zero-order valence-corrected chi connectivity index (χ0v) is 10.4. The standard InChI is InChI=1S/C11H14N6O2/c1-2-7-3-15-10(19-7)6-16-11(18)8-4-14-9(17-12)5-13-8/h3-5H,2,6,12H2,1H3,(H,14,17)(H,16,18). The van der Waals surface area contributed by atoms with Crippen LogP contribution in [-0.2, 0) is 13.0 Å². The van der Waals surface area contributed by atoms with E-state index in [4.69, 9.17) is 10.3 Å². The van der Waals surface area contributed by atoms with Crippen LogP contribution in [0.4, 0.5) is 5.82 Å². The minimum atomic E-state index is -0.354. The van der Waals surface area contributed by atoms with Gasteiger partial charge in [0.1, 0.15) is 11.5 Å². The number of carbonyl (C=O) groups excluding carboxylic acids is 1. The molecule has 4 N–H and O–H groups in total. The van der Waals surface area contributed by atoms with E-state index in [-0.39, 0.29) is 18.1 Å². The molecule has 0 aliphatic heterocycles. The second-order valence-corrected chi connectivity index (χ2v) is 3.69. The zero-order chi connectivity index (χ0) is 13.7. The van der Waals surface area contributed by atoms with Crippen LogP contribution in [-0.4, -0.2) is 20.9 Å². The maximum absolute atomic E-state index is 11.8. The van der Waals surface area contributed by atoms with Gasteiger partial charge in [0.25, 0.3) is 5.91 Å². The molecule has 0 aromatic carbocycles. The fourth-order valence-corrected chi connectivity index (χ4v) is 1.36. The van der Waals surface area contributed by atoms with Crippen molar-refractivity contribution in [2.45, 2.75) is 19.9 Å². The second kappa shape index (κ2) is 5.91. The number of nitrogens with zero attached hydrogens (tertiary/aromatic N) is 3. The van der Waals surface area contributed by atoms with Crippen molar-refractivity contribution in [3.63, 3.8) is 0 Å². The van der Waals surface area contributed by atoms with Crippen molar-refractivity contribution < 1.29 is 9.21 Å². The number of amides is 1. The molecule has 2 heterocycles. The average Bonchev–Trinajstić information content (AvgIpc) is 2.93. The van der Waals surface area contributed by atoms with Crippen molar-refractivity contribution in [1.29, 1.82) is 0 Å². The highest BCUT2D eigenvalue weighted by molar-refractivity contribution is 5.91. The van der Waals surface area contributed by atoms with Gasteiger partial charge in [-0.15, -0.1) is 0 Å². The Morgan fingerprint density at radius 3 is 2.74 bits per heavy atom. The van der Waals surface area contributed by atoms with Crippen LogP contribution in [0.15, 0.2) is 23.0 Å². The summed E-state index contributed by atoms with van der Waals surface area (Å²) in [6, 6.07) is 0. The van der Waals surface area contributed by atoms with E-state index < -0.39 is 0 Å². The summed E-state index contributed by atoms with van der Waals surface area (Å²) in [5.41, 5.74) is 2.53. The maximum atomic E-state index is 11.8. The Kier molecular flexibility index (Phi) is 4.04. The molecule has 0 atom stereocenters. The third-order valence-electron chi connectivity index (χ3n) is 2.38. The molecule has 8 heteroatoms. The summed E-state index contributed by atoms with van der Waals surface area (Å²) >= 11 is 0. The highest BCUT2D eigenvalue weighted by Crippen LogP contribution is 2.04. The van der Waals surface area contributed by atoms with Gasteiger partial charge in [-0.1, -0.05) is 6.92 Å². The molecular weight excluding hydrogens is 248 g/mol. The lowest BCUT2D eigenvalue weighted by Crippen LogP contribution is -2.24. The van der Waals surface area contributed by atoms with E-state index in [0.717, 1.165) is 12.2 Å². The molecule has 1 amide bonds. The average molecular weight is 262 g/mol. The predicted molar refractivity (Wildman–Crippen MR) is 66.9 cm³/mol. The second-order valence-electron chi connectivity index (χ2n) is 3.69. The van der Waals surface area contributed by atoms with Crippen molar-refractivity contribution in [2.24, 2.45) is 5.84 Å². The van der Waals surface area contributed by atoms with Gasteiger partial charge in [0.2, 0.25) is 5.89 Å². The van der Waals surface area contributed by atoms with Gasteiger partial charge in [0.15, 0.2) is 5.82 Å². The van der Waals surface area contributed by atoms with Crippen LogP contribution in [0.25, 0.3) is 0 Å². The Balaban J connectivity index is 1.93. The lowest BCUT2D eigenvalue weighted by atomic mass is 10.4. The SMILES string of the molecule is CCc1cnc(CNC(=O)c2cnc(NN)cn2)o1. The molecule has 2 rings (SSSR count). The van der Waals surface area contributed by atoms with Crippen LogP contribution in [0.1, 0.15) is 29.1 Å². The van der Waals surface area contributed by atoms with E-state index >= 15 is 0 Å². The lowest BCUT2D eigenvalue weighted by Gasteiger charge is -2.02. The van der Waals surface area contributed by atoms with Crippen LogP contribution in [0, 0.1) is 0 Å². The molecule has 0 radical (unpaired) electrons. The van der Waals surface area contributed by atoms with Crippen molar-refractivity contribution in [2.75, 3.05) is 5.43 Å². The Hall–Kier alpha value is -2.48. The van der Waals surface area contributed by atoms with Crippen LogP contribution in [0.5, 0.6) is 0 Å². The predicted octanol–water partition coefficient (Wildman–Crippen LogP) is 0.243. The summed E-state index contributed by atoms with van der Waals surface area (Å²) < 4.78 is 5.37. The van der Waals surface area contributed by atoms with Crippen molar-refractivity contribution in [3.05, 3.63) is 35.9 Å². The largest absolute Gasteiger partial charge is 0.444 e. The molecule has 0 saturated carbocycles. The molecule has 0 aliphatic carbocycles. The molecule has 0 spiro atoms. The summed E-state index contributed by atoms with van der Waals surface area (Å²) in [5.74, 6) is 6.42. The zero-order valence-electron chi connectivity index (χ0n) is 10.4. The summed E-state index contributed by atoms with van der Waals surface area (Å²) in [7, 11) is 0. The van der Waals surface area contributed by atoms with Gasteiger partial charge in [0.05, 0.1) is 25.1 Å². The van der Waals surface area contributed by atoms with E-state index in [1.807, 2.05) is 6.92 Å². The number of hydrogen-bond donors (Lipinski definition) is 3. The minimum Gasteiger partial charge on any atom is -0.444 e. The Labute approximate surface area is 109 Å². The lowest BCUT2D eigenvalue weighted by molar-refractivity contribution is 0.0941. The van der Waals surface area contributed by atoms with Crippen LogP contribution in [0.3, 0.4) is 0 Å². The number of nitrogens with two attached hydrogens (primary N) is 1. The summed E-state index contributed by atoms with van der Waals surface area (Å²) in [6.45, 7) is 2.17. The smallest absolute Gasteiger partial charge is 0.271 e. The monoisotopic (exact) mass is 262 g/mol. The van der Waals surface area contributed by atoms with Crippen molar-refractivity contribution >= 4 is 11.7 Å². The normalized spacial score (nSPS) is 10.2. The Bertz CT molecular complexity index is 551. The van der Waals surface area contributed by atoms with Crippen molar-refractivity contribution in [1.82, 2.24) is 20.3 Å². The van der Waals surface area contributed by atoms with Gasteiger partial charge < -0.3 is 15.2 Å². The summed E-state index contributed by atoms with van der Waals surface area (Å²) in [4.78, 5) is 23.6. The first-order chi connectivity index (χ1) is 9.22. The van der Waals surface area contributed by atoms with Crippen LogP contribution < -0.4 is 16.6 Å². The van der Waals surface area contributed by atoms with Crippen LogP contribution >= 0.6 is 0 Å². The van der Waals surface area contributed by atoms with Crippen LogP contribution in [0.2, 0.25) is 0 Å². The molecule has 2 aromatic heterocycles. The van der Waals surface area contributed by atoms with Gasteiger partial charge in [0, 0.05) is 6.42 Å². The molecular formula is C11H14N6O2. The number of carbonyl (C=O) groups is 1. The first-order valence-corrected chi connectivity index (χ1v) is 5.73. The van der Waals surface area contributed by atoms with Crippen molar-refractivity contribution in [3.8, 4) is 0 Å². The first-order valence-electron chi connectivity index (χ1n) is 5.73. The molecule has 0 aliphatic rings. The molecule has 0 bridgehead atoms. The molecule has 100 valence electrons. The first kappa shape index (κ1) is 13.0. The Morgan fingerprint density at radius 1 is 1.32 bits per heavy atom. The fraction of sp³-hybridized carbons (Fsp3) is 0.273. The number of nitrogen functional groups attached to an aromatic ring is 1. The van der Waals surface area contributed by atoms with E-state index in [1.165, 1.54) is 12.4 Å². The van der Waals surface area contributed by atoms with E-state index in [1.54, 1.807) is 6.20 Å². The van der Waals surface area contributed by atoms with Gasteiger partial charge >= 0.3 is 0 Å². The summed E-state index contributed by atoms with van der Waals surface area (Å²) in [6.07, 6.45) is 5.11. The molecule has 0 saturated heterocycles. The minimum absolute atomic E-state index is 0.196. The number of oxazole rings is 1. The highest BCUT2D eigenvalue weighted by atomic mass is 16.4. The quantitative estimate of drug-likeness (QED) is 0.521. The highest BCUT2D eigenvalue weighted by Gasteiger charge is 2.09. The van der Waals surface area contributed by atoms with E-state index in [2.05, 4.69) is 25.7 Å². The fourth-order valence-electron chi connectivity index (χ4n) is 1.36. The van der Waals surface area contributed by atoms with Gasteiger partial charge in [-0.05, 0) is 0 Å². The topological polar surface area (TPSA) is 119 Å². The molecule has 8 nitrogen and oxygen atoms in total. The third kappa shape index (κ3) is 3.26. The number of hydrogen-bond acceptors (Lipinski definition) is 7. The third-order valence-corrected chi connectivity index (χ3v) is 2.38. The number of aromatic nitrogens is 3. The van der Waals surface area contributed by atoms with Gasteiger partial charge in [-0.25, -0.2) is 20.8 Å². The summed E-state index contributed by atoms with van der Waals surface area (Å²) in [5, 5.41) is 2.64. The number of aryl methyl sites for hydroxylation is 1. The number of hydrazine groups is 1. The number of anilines is 1. The number of nitrogens with one attached hydrogen (secondary N) is 2. The van der Waals surface area contributed by atoms with E-state index in [0.29, 0.717) is 11.7 Å². The Morgan fingerprint density at radius 2 is 2.16 bits per heavy atom. The van der Waals surface area contributed by atoms with E-state index in [9.17, 15) is 4.79 Å². The van der Waals surface area contributed by atoms with Gasteiger partial charge in [-0.2, -0.15) is 0 Å². The van der Waals surface area contributed by atoms with Gasteiger partial charge in [-0.3, -0.25) is 4.79 Å².